The molecule has 0 fully saturated rings. The number of aromatic nitrogens is 1. The number of benzene rings is 2. The van der Waals surface area contributed by atoms with E-state index in [-0.39, 0.29) is 18.8 Å². The summed E-state index contributed by atoms with van der Waals surface area (Å²) in [4.78, 5) is 26.8. The number of ketones is 1. The third-order valence-corrected chi connectivity index (χ3v) is 5.95. The second-order valence-electron chi connectivity index (χ2n) is 7.66. The molecule has 6 nitrogen and oxygen atoms in total. The molecule has 0 saturated carbocycles. The summed E-state index contributed by atoms with van der Waals surface area (Å²) in [5.74, 6) is 0.0746. The molecule has 0 saturated heterocycles. The molecular weight excluding hydrogens is 413 g/mol. The van der Waals surface area contributed by atoms with Gasteiger partial charge in [0.05, 0.1) is 18.4 Å². The van der Waals surface area contributed by atoms with Gasteiger partial charge in [-0.1, -0.05) is 54.6 Å². The molecule has 0 aliphatic carbocycles. The molecule has 0 radical (unpaired) electrons. The van der Waals surface area contributed by atoms with Gasteiger partial charge in [0.1, 0.15) is 5.78 Å². The number of fused-ring (bicyclic) bond motifs is 1. The van der Waals surface area contributed by atoms with Gasteiger partial charge in [0.25, 0.3) is 0 Å². The third kappa shape index (κ3) is 6.81. The van der Waals surface area contributed by atoms with E-state index in [1.165, 1.54) is 0 Å². The second-order valence-corrected chi connectivity index (χ2v) is 9.07. The van der Waals surface area contributed by atoms with Crippen LogP contribution in [0.5, 0.6) is 0 Å². The number of hydrogen-bond donors (Lipinski definition) is 1. The zero-order valence-electron chi connectivity index (χ0n) is 17.9. The first-order valence-corrected chi connectivity index (χ1v) is 11.9. The highest BCUT2D eigenvalue weighted by Crippen LogP contribution is 2.44. The second kappa shape index (κ2) is 10.8. The maximum Gasteiger partial charge on any atom is 0.472 e. The Morgan fingerprint density at radius 3 is 2.52 bits per heavy atom. The molecule has 7 heteroatoms. The van der Waals surface area contributed by atoms with Crippen molar-refractivity contribution in [1.29, 1.82) is 0 Å². The standard InChI is InChI=1S/C24H28NO5P/c1-18(2)30-31(27,28)29-15-9-8-13-21(26)16-23-24(19-10-4-3-5-11-19)22-14-7-6-12-20(22)17-25-23/h3-7,10-12,14,17-18H,8-9,13,15-16H2,1-2H3,(H,27,28). The molecule has 1 N–H and O–H groups in total. The minimum Gasteiger partial charge on any atom is -0.302 e. The summed E-state index contributed by atoms with van der Waals surface area (Å²) < 4.78 is 21.5. The van der Waals surface area contributed by atoms with Crippen LogP contribution >= 0.6 is 7.82 Å². The van der Waals surface area contributed by atoms with E-state index in [2.05, 4.69) is 11.1 Å². The number of pyridine rings is 1. The SMILES string of the molecule is CC(C)OP(=O)(O)OCCCCC(=O)Cc1ncc2ccccc2c1-c1ccccc1. The van der Waals surface area contributed by atoms with Crippen LogP contribution in [0.25, 0.3) is 21.9 Å². The van der Waals surface area contributed by atoms with Gasteiger partial charge in [-0.15, -0.1) is 0 Å². The lowest BCUT2D eigenvalue weighted by Crippen LogP contribution is -2.07. The Hall–Kier alpha value is -2.37. The maximum atomic E-state index is 12.6. The average Bonchev–Trinajstić information content (AvgIpc) is 2.73. The molecule has 1 heterocycles. The average molecular weight is 441 g/mol. The smallest absolute Gasteiger partial charge is 0.302 e. The van der Waals surface area contributed by atoms with Crippen molar-refractivity contribution in [3.05, 3.63) is 66.5 Å². The van der Waals surface area contributed by atoms with E-state index in [9.17, 15) is 14.3 Å². The van der Waals surface area contributed by atoms with Gasteiger partial charge in [-0.2, -0.15) is 0 Å². The van der Waals surface area contributed by atoms with Gasteiger partial charge in [-0.05, 0) is 37.6 Å². The van der Waals surface area contributed by atoms with Crippen LogP contribution in [-0.4, -0.2) is 28.4 Å². The van der Waals surface area contributed by atoms with Crippen molar-refractivity contribution in [2.75, 3.05) is 6.61 Å². The lowest BCUT2D eigenvalue weighted by atomic mass is 9.95. The van der Waals surface area contributed by atoms with Crippen LogP contribution in [0.15, 0.2) is 60.8 Å². The van der Waals surface area contributed by atoms with Crippen LogP contribution in [0, 0.1) is 0 Å². The highest BCUT2D eigenvalue weighted by Gasteiger charge is 2.22. The molecule has 2 aromatic carbocycles. The Morgan fingerprint density at radius 1 is 1.06 bits per heavy atom. The number of carbonyl (C=O) groups is 1. The number of Topliss-reactive ketones (excluding diaryl/α,β-unsaturated/α-hetero) is 1. The predicted octanol–water partition coefficient (Wildman–Crippen LogP) is 5.73. The van der Waals surface area contributed by atoms with Gasteiger partial charge in [0.2, 0.25) is 0 Å². The van der Waals surface area contributed by atoms with E-state index in [0.717, 1.165) is 27.6 Å². The summed E-state index contributed by atoms with van der Waals surface area (Å²) in [6.45, 7) is 3.39. The molecule has 1 atom stereocenters. The van der Waals surface area contributed by atoms with E-state index in [0.29, 0.717) is 19.3 Å². The largest absolute Gasteiger partial charge is 0.472 e. The molecular formula is C24H28NO5P. The van der Waals surface area contributed by atoms with Crippen molar-refractivity contribution >= 4 is 24.4 Å². The first kappa shape index (κ1) is 23.3. The number of phosphoric acid groups is 1. The van der Waals surface area contributed by atoms with Crippen LogP contribution in [0.2, 0.25) is 0 Å². The van der Waals surface area contributed by atoms with Gasteiger partial charge in [0.15, 0.2) is 0 Å². The molecule has 164 valence electrons. The van der Waals surface area contributed by atoms with Crippen molar-refractivity contribution < 1.29 is 23.3 Å². The van der Waals surface area contributed by atoms with Crippen molar-refractivity contribution in [3.63, 3.8) is 0 Å². The summed E-state index contributed by atoms with van der Waals surface area (Å²) in [6.07, 6.45) is 3.07. The number of nitrogens with zero attached hydrogens (tertiary/aromatic N) is 1. The molecule has 0 bridgehead atoms. The summed E-state index contributed by atoms with van der Waals surface area (Å²) in [5, 5.41) is 2.11. The fraction of sp³-hybridized carbons (Fsp3) is 0.333. The normalized spacial score (nSPS) is 13.4. The van der Waals surface area contributed by atoms with Crippen LogP contribution in [0.1, 0.15) is 38.8 Å². The number of unbranched alkanes of at least 4 members (excludes halogenated alkanes) is 1. The van der Waals surface area contributed by atoms with Gasteiger partial charge >= 0.3 is 7.82 Å². The maximum absolute atomic E-state index is 12.6. The lowest BCUT2D eigenvalue weighted by Gasteiger charge is -2.14. The Morgan fingerprint density at radius 2 is 1.77 bits per heavy atom. The Kier molecular flexibility index (Phi) is 8.10. The highest BCUT2D eigenvalue weighted by atomic mass is 31.2. The zero-order valence-corrected chi connectivity index (χ0v) is 18.8. The predicted molar refractivity (Wildman–Crippen MR) is 122 cm³/mol. The number of rotatable bonds is 11. The van der Waals surface area contributed by atoms with Gasteiger partial charge in [-0.3, -0.25) is 18.8 Å². The highest BCUT2D eigenvalue weighted by molar-refractivity contribution is 7.47. The monoisotopic (exact) mass is 441 g/mol. The van der Waals surface area contributed by atoms with Crippen molar-refractivity contribution in [2.24, 2.45) is 0 Å². The summed E-state index contributed by atoms with van der Waals surface area (Å²) in [7, 11) is -4.03. The minimum absolute atomic E-state index is 0.0667. The van der Waals surface area contributed by atoms with Crippen molar-refractivity contribution in [3.8, 4) is 11.1 Å². The van der Waals surface area contributed by atoms with E-state index >= 15 is 0 Å². The van der Waals surface area contributed by atoms with E-state index in [1.807, 2.05) is 54.7 Å². The summed E-state index contributed by atoms with van der Waals surface area (Å²) in [6, 6.07) is 18.0. The quantitative estimate of drug-likeness (QED) is 0.302. The molecule has 31 heavy (non-hydrogen) atoms. The lowest BCUT2D eigenvalue weighted by molar-refractivity contribution is -0.118. The molecule has 0 amide bonds. The first-order chi connectivity index (χ1) is 14.9. The van der Waals surface area contributed by atoms with Crippen LogP contribution in [0.3, 0.4) is 0 Å². The zero-order chi connectivity index (χ0) is 22.3. The minimum atomic E-state index is -4.03. The van der Waals surface area contributed by atoms with Crippen LogP contribution < -0.4 is 0 Å². The molecule has 1 unspecified atom stereocenters. The molecule has 3 rings (SSSR count). The van der Waals surface area contributed by atoms with Crippen LogP contribution in [-0.2, 0) is 24.8 Å². The van der Waals surface area contributed by atoms with Crippen LogP contribution in [0.4, 0.5) is 0 Å². The van der Waals surface area contributed by atoms with Gasteiger partial charge < -0.3 is 4.89 Å². The molecule has 3 aromatic rings. The summed E-state index contributed by atoms with van der Waals surface area (Å²) in [5.41, 5.74) is 2.78. The fourth-order valence-corrected chi connectivity index (χ4v) is 4.40. The van der Waals surface area contributed by atoms with E-state index in [4.69, 9.17) is 9.05 Å². The molecule has 0 aliphatic rings. The fourth-order valence-electron chi connectivity index (χ4n) is 3.44. The first-order valence-electron chi connectivity index (χ1n) is 10.5. The molecule has 1 aromatic heterocycles. The van der Waals surface area contributed by atoms with Crippen molar-refractivity contribution in [2.45, 2.75) is 45.6 Å². The number of hydrogen-bond acceptors (Lipinski definition) is 5. The van der Waals surface area contributed by atoms with Crippen molar-refractivity contribution in [1.82, 2.24) is 4.98 Å². The molecule has 0 spiro atoms. The van der Waals surface area contributed by atoms with E-state index < -0.39 is 13.9 Å². The van der Waals surface area contributed by atoms with Gasteiger partial charge in [0, 0.05) is 30.0 Å². The number of phosphoric ester groups is 1. The topological polar surface area (TPSA) is 85.7 Å². The molecule has 0 aliphatic heterocycles. The Balaban J connectivity index is 1.63. The third-order valence-electron chi connectivity index (χ3n) is 4.75. The number of carbonyl (C=O) groups excluding carboxylic acids is 1. The van der Waals surface area contributed by atoms with E-state index in [1.54, 1.807) is 13.8 Å². The summed E-state index contributed by atoms with van der Waals surface area (Å²) >= 11 is 0. The van der Waals surface area contributed by atoms with Gasteiger partial charge in [-0.25, -0.2) is 4.57 Å². The Labute approximate surface area is 182 Å². The Bertz CT molecular complexity index is 1070.